The molecule has 2 aromatic rings. The van der Waals surface area contributed by atoms with Gasteiger partial charge in [0.05, 0.1) is 9.82 Å². The number of piperidine rings is 1. The molecule has 0 unspecified atom stereocenters. The van der Waals surface area contributed by atoms with Crippen LogP contribution in [0.4, 0.5) is 11.4 Å². The van der Waals surface area contributed by atoms with Gasteiger partial charge in [0.15, 0.2) is 0 Å². The fraction of sp³-hybridized carbons (Fsp3) is 0.381. The molecule has 160 valence electrons. The second-order valence-corrected chi connectivity index (χ2v) is 9.67. The quantitative estimate of drug-likeness (QED) is 0.571. The number of nitrogens with one attached hydrogen (secondary N) is 1. The third-order valence-corrected chi connectivity index (χ3v) is 7.58. The van der Waals surface area contributed by atoms with Crippen LogP contribution < -0.4 is 5.32 Å². The first-order valence-corrected chi connectivity index (χ1v) is 11.2. The Hall–Kier alpha value is -2.78. The van der Waals surface area contributed by atoms with Crippen molar-refractivity contribution in [3.8, 4) is 0 Å². The summed E-state index contributed by atoms with van der Waals surface area (Å²) in [4.78, 5) is 23.3. The van der Waals surface area contributed by atoms with Crippen LogP contribution in [0.15, 0.2) is 41.3 Å². The van der Waals surface area contributed by atoms with Crippen molar-refractivity contribution < 1.29 is 18.1 Å². The number of amides is 1. The standard InChI is InChI=1S/C21H25N3O5S/c1-14-7-9-23(10-8-14)30(28,29)20-12-17(11-15(2)16(20)3)21(25)22-18-5-4-6-19(13-18)24(26)27/h4-6,11-14H,7-10H2,1-3H3,(H,22,25). The van der Waals surface area contributed by atoms with Gasteiger partial charge in [-0.2, -0.15) is 4.31 Å². The van der Waals surface area contributed by atoms with Gasteiger partial charge in [-0.3, -0.25) is 14.9 Å². The Morgan fingerprint density at radius 3 is 2.47 bits per heavy atom. The van der Waals surface area contributed by atoms with Crippen molar-refractivity contribution in [2.75, 3.05) is 18.4 Å². The van der Waals surface area contributed by atoms with E-state index in [4.69, 9.17) is 0 Å². The Balaban J connectivity index is 1.92. The van der Waals surface area contributed by atoms with Gasteiger partial charge in [0, 0.05) is 36.5 Å². The second kappa shape index (κ2) is 8.53. The number of sulfonamides is 1. The van der Waals surface area contributed by atoms with Gasteiger partial charge in [0.2, 0.25) is 10.0 Å². The molecule has 0 atom stereocenters. The fourth-order valence-corrected chi connectivity index (χ4v) is 5.28. The van der Waals surface area contributed by atoms with Gasteiger partial charge in [0.25, 0.3) is 11.6 Å². The molecule has 0 bridgehead atoms. The molecular weight excluding hydrogens is 406 g/mol. The minimum atomic E-state index is -3.72. The predicted molar refractivity (Wildman–Crippen MR) is 114 cm³/mol. The molecule has 1 N–H and O–H groups in total. The van der Waals surface area contributed by atoms with Gasteiger partial charge in [-0.1, -0.05) is 13.0 Å². The lowest BCUT2D eigenvalue weighted by molar-refractivity contribution is -0.384. The van der Waals surface area contributed by atoms with Crippen molar-refractivity contribution in [1.82, 2.24) is 4.31 Å². The average molecular weight is 432 g/mol. The normalized spacial score (nSPS) is 15.7. The lowest BCUT2D eigenvalue weighted by Gasteiger charge is -2.30. The molecule has 0 radical (unpaired) electrons. The minimum absolute atomic E-state index is 0.126. The highest BCUT2D eigenvalue weighted by Crippen LogP contribution is 2.28. The molecular formula is C21H25N3O5S. The van der Waals surface area contributed by atoms with Crippen LogP contribution in [0.2, 0.25) is 0 Å². The summed E-state index contributed by atoms with van der Waals surface area (Å²) in [6.45, 7) is 6.53. The van der Waals surface area contributed by atoms with Gasteiger partial charge in [0.1, 0.15) is 0 Å². The summed E-state index contributed by atoms with van der Waals surface area (Å²) in [7, 11) is -3.72. The molecule has 0 aromatic heterocycles. The van der Waals surface area contributed by atoms with Crippen molar-refractivity contribution in [3.63, 3.8) is 0 Å². The van der Waals surface area contributed by atoms with E-state index >= 15 is 0 Å². The average Bonchev–Trinajstić information content (AvgIpc) is 2.70. The van der Waals surface area contributed by atoms with E-state index in [1.54, 1.807) is 26.0 Å². The van der Waals surface area contributed by atoms with Crippen LogP contribution in [0, 0.1) is 29.9 Å². The van der Waals surface area contributed by atoms with Crippen LogP contribution in [0.25, 0.3) is 0 Å². The van der Waals surface area contributed by atoms with E-state index < -0.39 is 20.9 Å². The Kier molecular flexibility index (Phi) is 6.23. The highest BCUT2D eigenvalue weighted by molar-refractivity contribution is 7.89. The molecule has 30 heavy (non-hydrogen) atoms. The number of hydrogen-bond acceptors (Lipinski definition) is 5. The molecule has 1 heterocycles. The van der Waals surface area contributed by atoms with Gasteiger partial charge in [-0.05, 0) is 61.9 Å². The summed E-state index contributed by atoms with van der Waals surface area (Å²) in [5.41, 5.74) is 1.61. The van der Waals surface area contributed by atoms with Gasteiger partial charge >= 0.3 is 0 Å². The summed E-state index contributed by atoms with van der Waals surface area (Å²) in [5.74, 6) is -0.0337. The minimum Gasteiger partial charge on any atom is -0.322 e. The SMILES string of the molecule is Cc1cc(C(=O)Nc2cccc([N+](=O)[O-])c2)cc(S(=O)(=O)N2CCC(C)CC2)c1C. The fourth-order valence-electron chi connectivity index (χ4n) is 3.49. The van der Waals surface area contributed by atoms with Gasteiger partial charge < -0.3 is 5.32 Å². The van der Waals surface area contributed by atoms with Crippen molar-refractivity contribution >= 4 is 27.3 Å². The number of aryl methyl sites for hydroxylation is 1. The molecule has 0 aliphatic carbocycles. The first-order chi connectivity index (χ1) is 14.1. The van der Waals surface area contributed by atoms with Crippen molar-refractivity contribution in [2.45, 2.75) is 38.5 Å². The maximum Gasteiger partial charge on any atom is 0.271 e. The van der Waals surface area contributed by atoms with E-state index in [1.807, 2.05) is 0 Å². The van der Waals surface area contributed by atoms with Gasteiger partial charge in [-0.25, -0.2) is 8.42 Å². The highest BCUT2D eigenvalue weighted by Gasteiger charge is 2.30. The molecule has 2 aromatic carbocycles. The molecule has 8 nitrogen and oxygen atoms in total. The summed E-state index contributed by atoms with van der Waals surface area (Å²) in [6.07, 6.45) is 1.62. The van der Waals surface area contributed by atoms with E-state index in [-0.39, 0.29) is 21.8 Å². The number of carbonyl (C=O) groups excluding carboxylic acids is 1. The Bertz CT molecular complexity index is 1090. The maximum absolute atomic E-state index is 13.2. The first-order valence-electron chi connectivity index (χ1n) is 9.77. The second-order valence-electron chi connectivity index (χ2n) is 7.76. The third-order valence-electron chi connectivity index (χ3n) is 5.56. The predicted octanol–water partition coefficient (Wildman–Crippen LogP) is 3.88. The van der Waals surface area contributed by atoms with Gasteiger partial charge in [-0.15, -0.1) is 0 Å². The summed E-state index contributed by atoms with van der Waals surface area (Å²) < 4.78 is 28.0. The number of non-ortho nitro benzene ring substituents is 1. The Morgan fingerprint density at radius 1 is 1.17 bits per heavy atom. The first kappa shape index (κ1) is 21.9. The van der Waals surface area contributed by atoms with E-state index in [0.717, 1.165) is 12.8 Å². The number of nitrogens with zero attached hydrogens (tertiary/aromatic N) is 2. The number of nitro groups is 1. The van der Waals surface area contributed by atoms with E-state index in [2.05, 4.69) is 12.2 Å². The van der Waals surface area contributed by atoms with E-state index in [1.165, 1.54) is 28.6 Å². The monoisotopic (exact) mass is 431 g/mol. The number of anilines is 1. The van der Waals surface area contributed by atoms with Crippen LogP contribution >= 0.6 is 0 Å². The van der Waals surface area contributed by atoms with Crippen LogP contribution in [-0.2, 0) is 10.0 Å². The molecule has 0 spiro atoms. The van der Waals surface area contributed by atoms with E-state index in [9.17, 15) is 23.3 Å². The molecule has 3 rings (SSSR count). The Labute approximate surface area is 176 Å². The zero-order valence-electron chi connectivity index (χ0n) is 17.2. The lowest BCUT2D eigenvalue weighted by atomic mass is 10.0. The molecule has 0 saturated carbocycles. The third kappa shape index (κ3) is 4.52. The molecule has 1 fully saturated rings. The zero-order valence-corrected chi connectivity index (χ0v) is 18.0. The van der Waals surface area contributed by atoms with Crippen molar-refractivity contribution in [1.29, 1.82) is 0 Å². The van der Waals surface area contributed by atoms with Crippen LogP contribution in [0.1, 0.15) is 41.3 Å². The number of carbonyl (C=O) groups is 1. The molecule has 9 heteroatoms. The summed E-state index contributed by atoms with van der Waals surface area (Å²) in [5, 5.41) is 13.6. The lowest BCUT2D eigenvalue weighted by Crippen LogP contribution is -2.38. The number of nitro benzene ring substituents is 1. The number of hydrogen-bond donors (Lipinski definition) is 1. The van der Waals surface area contributed by atoms with Crippen LogP contribution in [0.3, 0.4) is 0 Å². The summed E-state index contributed by atoms with van der Waals surface area (Å²) >= 11 is 0. The summed E-state index contributed by atoms with van der Waals surface area (Å²) in [6, 6.07) is 8.61. The number of benzene rings is 2. The highest BCUT2D eigenvalue weighted by atomic mass is 32.2. The molecule has 1 aliphatic heterocycles. The van der Waals surface area contributed by atoms with Crippen LogP contribution in [0.5, 0.6) is 0 Å². The number of rotatable bonds is 5. The molecule has 1 saturated heterocycles. The maximum atomic E-state index is 13.2. The topological polar surface area (TPSA) is 110 Å². The largest absolute Gasteiger partial charge is 0.322 e. The van der Waals surface area contributed by atoms with E-state index in [0.29, 0.717) is 30.1 Å². The zero-order chi connectivity index (χ0) is 22.1. The van der Waals surface area contributed by atoms with Crippen LogP contribution in [-0.4, -0.2) is 36.6 Å². The Morgan fingerprint density at radius 2 is 1.83 bits per heavy atom. The molecule has 1 aliphatic rings. The smallest absolute Gasteiger partial charge is 0.271 e. The molecule has 1 amide bonds. The van der Waals surface area contributed by atoms with Crippen molar-refractivity contribution in [3.05, 3.63) is 63.2 Å². The van der Waals surface area contributed by atoms with Crippen molar-refractivity contribution in [2.24, 2.45) is 5.92 Å².